The van der Waals surface area contributed by atoms with Crippen LogP contribution in [0.4, 0.5) is 0 Å². The molecule has 0 unspecified atom stereocenters. The van der Waals surface area contributed by atoms with Crippen LogP contribution in [0.3, 0.4) is 0 Å². The highest BCUT2D eigenvalue weighted by molar-refractivity contribution is 5.94. The topological polar surface area (TPSA) is 92.3 Å². The van der Waals surface area contributed by atoms with Crippen molar-refractivity contribution in [3.8, 4) is 0 Å². The Morgan fingerprint density at radius 2 is 1.09 bits per heavy atom. The third-order valence-electron chi connectivity index (χ3n) is 5.00. The first kappa shape index (κ1) is 32.2. The Balaban J connectivity index is -0.00000109. The lowest BCUT2D eigenvalue weighted by Crippen LogP contribution is -2.25. The molecule has 0 bridgehead atoms. The zero-order chi connectivity index (χ0) is 24.8. The number of ketones is 2. The van der Waals surface area contributed by atoms with E-state index in [9.17, 15) is 19.2 Å². The lowest BCUT2D eigenvalue weighted by molar-refractivity contribution is -0.123. The van der Waals surface area contributed by atoms with Gasteiger partial charge in [-0.2, -0.15) is 0 Å². The number of carbonyl (C=O) groups excluding carboxylic acids is 4. The number of rotatable bonds is 19. The summed E-state index contributed by atoms with van der Waals surface area (Å²) in [5, 5.41) is 5.83. The second kappa shape index (κ2) is 22.2. The Morgan fingerprint density at radius 1 is 0.688 bits per heavy atom. The fourth-order valence-electron chi connectivity index (χ4n) is 2.89. The molecule has 0 radical (unpaired) electrons. The number of Topliss-reactive ketones (excluding diaryl/α,β-unsaturated/α-hetero) is 2. The molecule has 6 nitrogen and oxygen atoms in total. The molecule has 0 fully saturated rings. The van der Waals surface area contributed by atoms with Gasteiger partial charge in [0.05, 0.1) is 0 Å². The van der Waals surface area contributed by atoms with Crippen LogP contribution in [-0.2, 0) is 19.2 Å². The average molecular weight is 457 g/mol. The van der Waals surface area contributed by atoms with Gasteiger partial charge in [-0.1, -0.05) is 47.1 Å². The monoisotopic (exact) mass is 456 g/mol. The largest absolute Gasteiger partial charge is 0.356 e. The average Bonchev–Trinajstić information content (AvgIpc) is 2.76. The number of unbranched alkanes of at least 4 members (excludes halogenated alkanes) is 5. The molecule has 190 valence electrons. The summed E-state index contributed by atoms with van der Waals surface area (Å²) < 4.78 is 0. The van der Waals surface area contributed by atoms with E-state index in [1.165, 1.54) is 0 Å². The van der Waals surface area contributed by atoms with Crippen molar-refractivity contribution in [2.24, 2.45) is 5.92 Å². The Morgan fingerprint density at radius 3 is 1.50 bits per heavy atom. The number of nitrogens with one attached hydrogen (secondary N) is 2. The predicted octanol–water partition coefficient (Wildman–Crippen LogP) is 5.79. The molecule has 0 aromatic rings. The maximum atomic E-state index is 11.7. The first-order chi connectivity index (χ1) is 15.2. The molecule has 6 heteroatoms. The minimum absolute atomic E-state index is 0. The molecule has 2 N–H and O–H groups in total. The molecule has 0 aliphatic rings. The Kier molecular flexibility index (Phi) is 22.4. The van der Waals surface area contributed by atoms with Crippen LogP contribution < -0.4 is 10.6 Å². The number of hydrogen-bond donors (Lipinski definition) is 2. The van der Waals surface area contributed by atoms with Crippen LogP contribution in [0.1, 0.15) is 115 Å². The normalized spacial score (nSPS) is 10.2. The molecule has 0 rings (SSSR count). The lowest BCUT2D eigenvalue weighted by Gasteiger charge is -2.07. The molecule has 32 heavy (non-hydrogen) atoms. The smallest absolute Gasteiger partial charge is 0.219 e. The van der Waals surface area contributed by atoms with Crippen molar-refractivity contribution >= 4 is 23.4 Å². The number of hydrogen-bond acceptors (Lipinski definition) is 4. The SMILES string of the molecule is C=C(C)C(=O)CCCCC(=O)NCCCCCCNC(=O)CCCCC(=O)C(C)C.CC.[HH].[HH]. The standard InChI is InChI=1S/C24H42N2O4.C2H6.2H2/c1-19(2)21(27)13-7-9-15-23(29)25-17-11-5-6-12-18-26-24(30)16-10-8-14-22(28)20(3)4;1-2;;/h20H,1,5-18H2,2-4H3,(H,25,29)(H,26,30);1-2H3;2*1H. The number of carbonyl (C=O) groups is 4. The third-order valence-corrected chi connectivity index (χ3v) is 5.00. The molecule has 0 atom stereocenters. The van der Waals surface area contributed by atoms with E-state index < -0.39 is 0 Å². The van der Waals surface area contributed by atoms with Gasteiger partial charge in [-0.05, 0) is 51.0 Å². The molecular weight excluding hydrogens is 404 g/mol. The van der Waals surface area contributed by atoms with E-state index in [1.807, 2.05) is 27.7 Å². The molecule has 0 aliphatic heterocycles. The zero-order valence-electron chi connectivity index (χ0n) is 21.3. The number of amides is 2. The van der Waals surface area contributed by atoms with Gasteiger partial charge in [0.15, 0.2) is 5.78 Å². The van der Waals surface area contributed by atoms with E-state index >= 15 is 0 Å². The quantitative estimate of drug-likeness (QED) is 0.190. The van der Waals surface area contributed by atoms with Gasteiger partial charge in [-0.3, -0.25) is 19.2 Å². The first-order valence-corrected chi connectivity index (χ1v) is 12.5. The summed E-state index contributed by atoms with van der Waals surface area (Å²) >= 11 is 0. The van der Waals surface area contributed by atoms with Crippen LogP contribution in [0.2, 0.25) is 0 Å². The van der Waals surface area contributed by atoms with Gasteiger partial charge >= 0.3 is 0 Å². The lowest BCUT2D eigenvalue weighted by atomic mass is 10.0. The van der Waals surface area contributed by atoms with E-state index in [0.717, 1.165) is 51.4 Å². The van der Waals surface area contributed by atoms with E-state index in [1.54, 1.807) is 6.92 Å². The molecule has 0 heterocycles. The predicted molar refractivity (Wildman–Crippen MR) is 137 cm³/mol. The van der Waals surface area contributed by atoms with Crippen molar-refractivity contribution in [2.75, 3.05) is 13.1 Å². The maximum Gasteiger partial charge on any atom is 0.219 e. The summed E-state index contributed by atoms with van der Waals surface area (Å²) in [7, 11) is 0. The molecule has 0 aliphatic carbocycles. The third kappa shape index (κ3) is 21.3. The Bertz CT molecular complexity index is 567. The fourth-order valence-corrected chi connectivity index (χ4v) is 2.89. The van der Waals surface area contributed by atoms with E-state index in [-0.39, 0.29) is 32.2 Å². The summed E-state index contributed by atoms with van der Waals surface area (Å²) in [5.74, 6) is 0.520. The zero-order valence-corrected chi connectivity index (χ0v) is 21.3. The van der Waals surface area contributed by atoms with Gasteiger partial charge in [0, 0.05) is 47.5 Å². The van der Waals surface area contributed by atoms with Gasteiger partial charge in [0.1, 0.15) is 5.78 Å². The highest BCUT2D eigenvalue weighted by Gasteiger charge is 2.07. The van der Waals surface area contributed by atoms with Crippen molar-refractivity contribution in [3.05, 3.63) is 12.2 Å². The van der Waals surface area contributed by atoms with Gasteiger partial charge < -0.3 is 10.6 Å². The second-order valence-electron chi connectivity index (χ2n) is 8.35. The fraction of sp³-hybridized carbons (Fsp3) is 0.769. The summed E-state index contributed by atoms with van der Waals surface area (Å²) in [6.07, 6.45) is 8.85. The molecule has 0 saturated carbocycles. The minimum Gasteiger partial charge on any atom is -0.356 e. The van der Waals surface area contributed by atoms with Crippen molar-refractivity contribution in [3.63, 3.8) is 0 Å². The molecular formula is C26H52N2O4. The van der Waals surface area contributed by atoms with E-state index in [4.69, 9.17) is 0 Å². The molecule has 0 aromatic heterocycles. The van der Waals surface area contributed by atoms with Gasteiger partial charge in [0.2, 0.25) is 11.8 Å². The van der Waals surface area contributed by atoms with Crippen LogP contribution in [0.5, 0.6) is 0 Å². The van der Waals surface area contributed by atoms with Crippen molar-refractivity contribution in [1.29, 1.82) is 0 Å². The van der Waals surface area contributed by atoms with Crippen LogP contribution in [0, 0.1) is 5.92 Å². The summed E-state index contributed by atoms with van der Waals surface area (Å²) in [4.78, 5) is 46.4. The minimum atomic E-state index is 0. The number of allylic oxidation sites excluding steroid dienone is 1. The Hall–Kier alpha value is -1.98. The summed E-state index contributed by atoms with van der Waals surface area (Å²) in [5.41, 5.74) is 0.578. The first-order valence-electron chi connectivity index (χ1n) is 12.5. The molecule has 0 saturated heterocycles. The summed E-state index contributed by atoms with van der Waals surface area (Å²) in [6.45, 7) is 14.5. The van der Waals surface area contributed by atoms with Crippen LogP contribution in [0.15, 0.2) is 12.2 Å². The van der Waals surface area contributed by atoms with Gasteiger partial charge in [0.25, 0.3) is 0 Å². The van der Waals surface area contributed by atoms with Crippen LogP contribution >= 0.6 is 0 Å². The molecule has 0 aromatic carbocycles. The van der Waals surface area contributed by atoms with Crippen LogP contribution in [0.25, 0.3) is 0 Å². The van der Waals surface area contributed by atoms with Gasteiger partial charge in [-0.15, -0.1) is 0 Å². The highest BCUT2D eigenvalue weighted by atomic mass is 16.2. The highest BCUT2D eigenvalue weighted by Crippen LogP contribution is 2.07. The molecule has 2 amide bonds. The van der Waals surface area contributed by atoms with E-state index in [0.29, 0.717) is 44.3 Å². The van der Waals surface area contributed by atoms with Crippen molar-refractivity contribution in [1.82, 2.24) is 10.6 Å². The summed E-state index contributed by atoms with van der Waals surface area (Å²) in [6, 6.07) is 0. The van der Waals surface area contributed by atoms with E-state index in [2.05, 4.69) is 17.2 Å². The second-order valence-corrected chi connectivity index (χ2v) is 8.35. The van der Waals surface area contributed by atoms with Crippen molar-refractivity contribution in [2.45, 2.75) is 112 Å². The molecule has 0 spiro atoms. The maximum absolute atomic E-state index is 11.7. The van der Waals surface area contributed by atoms with Gasteiger partial charge in [-0.25, -0.2) is 0 Å². The van der Waals surface area contributed by atoms with Crippen LogP contribution in [-0.4, -0.2) is 36.5 Å². The van der Waals surface area contributed by atoms with Crippen molar-refractivity contribution < 1.29 is 22.0 Å². The Labute approximate surface area is 199 Å².